The summed E-state index contributed by atoms with van der Waals surface area (Å²) in [6.07, 6.45) is 9.09. The minimum absolute atomic E-state index is 0.693. The fourth-order valence-corrected chi connectivity index (χ4v) is 3.80. The van der Waals surface area contributed by atoms with Crippen LogP contribution in [0.5, 0.6) is 0 Å². The van der Waals surface area contributed by atoms with Crippen LogP contribution < -0.4 is 5.32 Å². The monoisotopic (exact) mass is 254 g/mol. The number of aryl methyl sites for hydroxylation is 2. The van der Waals surface area contributed by atoms with E-state index in [1.165, 1.54) is 73.7 Å². The Kier molecular flexibility index (Phi) is 2.84. The lowest BCUT2D eigenvalue weighted by Gasteiger charge is -2.23. The summed E-state index contributed by atoms with van der Waals surface area (Å²) in [7, 11) is 0. The summed E-state index contributed by atoms with van der Waals surface area (Å²) in [5.41, 5.74) is 5.92. The number of piperidine rings is 1. The lowest BCUT2D eigenvalue weighted by Crippen LogP contribution is -2.35. The number of benzene rings is 1. The molecule has 0 amide bonds. The Morgan fingerprint density at radius 1 is 1.11 bits per heavy atom. The zero-order chi connectivity index (χ0) is 12.7. The first-order valence-corrected chi connectivity index (χ1v) is 7.76. The Labute approximate surface area is 114 Å². The van der Waals surface area contributed by atoms with E-state index in [0.717, 1.165) is 0 Å². The highest BCUT2D eigenvalue weighted by Crippen LogP contribution is 2.30. The Hall–Kier alpha value is -1.28. The maximum atomic E-state index is 3.65. The molecular weight excluding hydrogens is 232 g/mol. The van der Waals surface area contributed by atoms with Crippen LogP contribution in [0.1, 0.15) is 42.5 Å². The number of aromatic amines is 1. The van der Waals surface area contributed by atoms with Gasteiger partial charge in [0.2, 0.25) is 0 Å². The SMILES string of the molecule is c1cc2[nH]c3c(c2cc1CC1CCCCN1)CCC3. The molecule has 1 atom stereocenters. The highest BCUT2D eigenvalue weighted by molar-refractivity contribution is 5.85. The van der Waals surface area contributed by atoms with Crippen molar-refractivity contribution in [3.63, 3.8) is 0 Å². The number of nitrogens with one attached hydrogen (secondary N) is 2. The summed E-state index contributed by atoms with van der Waals surface area (Å²) in [5.74, 6) is 0. The van der Waals surface area contributed by atoms with Crippen LogP contribution in [-0.2, 0) is 19.3 Å². The van der Waals surface area contributed by atoms with Gasteiger partial charge in [0.15, 0.2) is 0 Å². The molecule has 1 aromatic heterocycles. The molecule has 19 heavy (non-hydrogen) atoms. The van der Waals surface area contributed by atoms with Crippen LogP contribution >= 0.6 is 0 Å². The first-order valence-electron chi connectivity index (χ1n) is 7.76. The standard InChI is InChI=1S/C17H22N2/c1-2-9-18-13(4-1)10-12-7-8-17-15(11-12)14-5-3-6-16(14)19-17/h7-8,11,13,18-19H,1-6,9-10H2. The molecule has 0 radical (unpaired) electrons. The molecule has 1 fully saturated rings. The number of rotatable bonds is 2. The fourth-order valence-electron chi connectivity index (χ4n) is 3.80. The zero-order valence-corrected chi connectivity index (χ0v) is 11.5. The molecule has 4 rings (SSSR count). The van der Waals surface area contributed by atoms with E-state index in [1.807, 2.05) is 0 Å². The van der Waals surface area contributed by atoms with Crippen LogP contribution in [0.4, 0.5) is 0 Å². The number of H-pyrrole nitrogens is 1. The average Bonchev–Trinajstić information content (AvgIpc) is 3.01. The molecule has 0 bridgehead atoms. The van der Waals surface area contributed by atoms with Gasteiger partial charge in [-0.2, -0.15) is 0 Å². The minimum atomic E-state index is 0.693. The molecule has 2 N–H and O–H groups in total. The van der Waals surface area contributed by atoms with Crippen molar-refractivity contribution < 1.29 is 0 Å². The van der Waals surface area contributed by atoms with E-state index in [-0.39, 0.29) is 0 Å². The first kappa shape index (κ1) is 11.5. The van der Waals surface area contributed by atoms with Crippen LogP contribution in [0.25, 0.3) is 10.9 Å². The van der Waals surface area contributed by atoms with E-state index in [1.54, 1.807) is 5.56 Å². The van der Waals surface area contributed by atoms with Crippen LogP contribution in [0.15, 0.2) is 18.2 Å². The lowest BCUT2D eigenvalue weighted by atomic mass is 9.96. The van der Waals surface area contributed by atoms with Crippen LogP contribution in [-0.4, -0.2) is 17.6 Å². The Balaban J connectivity index is 1.63. The van der Waals surface area contributed by atoms with Gasteiger partial charge in [0.25, 0.3) is 0 Å². The molecule has 1 aromatic carbocycles. The van der Waals surface area contributed by atoms with Crippen molar-refractivity contribution in [1.82, 2.24) is 10.3 Å². The van der Waals surface area contributed by atoms with Crippen molar-refractivity contribution in [2.24, 2.45) is 0 Å². The molecule has 1 saturated heterocycles. The predicted octanol–water partition coefficient (Wildman–Crippen LogP) is 3.34. The van der Waals surface area contributed by atoms with E-state index in [4.69, 9.17) is 0 Å². The largest absolute Gasteiger partial charge is 0.358 e. The summed E-state index contributed by atoms with van der Waals surface area (Å²) in [5, 5.41) is 5.14. The van der Waals surface area contributed by atoms with Gasteiger partial charge in [-0.25, -0.2) is 0 Å². The van der Waals surface area contributed by atoms with Crippen molar-refractivity contribution in [1.29, 1.82) is 0 Å². The van der Waals surface area contributed by atoms with Crippen LogP contribution in [0.3, 0.4) is 0 Å². The zero-order valence-electron chi connectivity index (χ0n) is 11.5. The second-order valence-electron chi connectivity index (χ2n) is 6.17. The molecule has 2 aromatic rings. The van der Waals surface area contributed by atoms with Gasteiger partial charge in [0.05, 0.1) is 0 Å². The van der Waals surface area contributed by atoms with Gasteiger partial charge in [-0.3, -0.25) is 0 Å². The molecule has 1 aliphatic carbocycles. The third-order valence-electron chi connectivity index (χ3n) is 4.81. The van der Waals surface area contributed by atoms with E-state index < -0.39 is 0 Å². The van der Waals surface area contributed by atoms with Crippen LogP contribution in [0.2, 0.25) is 0 Å². The van der Waals surface area contributed by atoms with Gasteiger partial charge in [0.1, 0.15) is 0 Å². The highest BCUT2D eigenvalue weighted by atomic mass is 14.9. The molecule has 2 heterocycles. The highest BCUT2D eigenvalue weighted by Gasteiger charge is 2.18. The third kappa shape index (κ3) is 2.08. The summed E-state index contributed by atoms with van der Waals surface area (Å²) in [4.78, 5) is 3.59. The van der Waals surface area contributed by atoms with Crippen molar-refractivity contribution in [2.75, 3.05) is 6.54 Å². The summed E-state index contributed by atoms with van der Waals surface area (Å²) in [6, 6.07) is 7.72. The molecular formula is C17H22N2. The van der Waals surface area contributed by atoms with E-state index in [9.17, 15) is 0 Å². The summed E-state index contributed by atoms with van der Waals surface area (Å²) >= 11 is 0. The fraction of sp³-hybridized carbons (Fsp3) is 0.529. The summed E-state index contributed by atoms with van der Waals surface area (Å²) < 4.78 is 0. The average molecular weight is 254 g/mol. The quantitative estimate of drug-likeness (QED) is 0.845. The molecule has 1 aliphatic heterocycles. The predicted molar refractivity (Wildman–Crippen MR) is 79.7 cm³/mol. The number of hydrogen-bond acceptors (Lipinski definition) is 1. The Bertz CT molecular complexity index is 591. The molecule has 2 heteroatoms. The van der Waals surface area contributed by atoms with Gasteiger partial charge in [-0.15, -0.1) is 0 Å². The molecule has 0 saturated carbocycles. The number of hydrogen-bond donors (Lipinski definition) is 2. The maximum Gasteiger partial charge on any atom is 0.0459 e. The van der Waals surface area contributed by atoms with Gasteiger partial charge in [0, 0.05) is 22.6 Å². The smallest absolute Gasteiger partial charge is 0.0459 e. The van der Waals surface area contributed by atoms with Crippen molar-refractivity contribution in [3.8, 4) is 0 Å². The van der Waals surface area contributed by atoms with Crippen LogP contribution in [0, 0.1) is 0 Å². The Morgan fingerprint density at radius 3 is 3.00 bits per heavy atom. The maximum absolute atomic E-state index is 3.65. The Morgan fingerprint density at radius 2 is 2.11 bits per heavy atom. The lowest BCUT2D eigenvalue weighted by molar-refractivity contribution is 0.399. The molecule has 100 valence electrons. The first-order chi connectivity index (χ1) is 9.40. The van der Waals surface area contributed by atoms with Gasteiger partial charge < -0.3 is 10.3 Å². The van der Waals surface area contributed by atoms with E-state index in [0.29, 0.717) is 6.04 Å². The second kappa shape index (κ2) is 4.68. The number of fused-ring (bicyclic) bond motifs is 3. The van der Waals surface area contributed by atoms with Gasteiger partial charge in [-0.1, -0.05) is 12.5 Å². The topological polar surface area (TPSA) is 27.8 Å². The van der Waals surface area contributed by atoms with E-state index >= 15 is 0 Å². The minimum Gasteiger partial charge on any atom is -0.358 e. The van der Waals surface area contributed by atoms with E-state index in [2.05, 4.69) is 28.5 Å². The van der Waals surface area contributed by atoms with Crippen molar-refractivity contribution >= 4 is 10.9 Å². The third-order valence-corrected chi connectivity index (χ3v) is 4.81. The second-order valence-corrected chi connectivity index (χ2v) is 6.17. The van der Waals surface area contributed by atoms with Gasteiger partial charge in [-0.05, 0) is 68.3 Å². The van der Waals surface area contributed by atoms with Crippen molar-refractivity contribution in [3.05, 3.63) is 35.0 Å². The molecule has 2 nitrogen and oxygen atoms in total. The van der Waals surface area contributed by atoms with Crippen molar-refractivity contribution in [2.45, 2.75) is 51.0 Å². The molecule has 1 unspecified atom stereocenters. The molecule has 0 spiro atoms. The molecule has 2 aliphatic rings. The normalized spacial score (nSPS) is 22.8. The van der Waals surface area contributed by atoms with Gasteiger partial charge >= 0.3 is 0 Å². The summed E-state index contributed by atoms with van der Waals surface area (Å²) in [6.45, 7) is 1.20. The number of aromatic nitrogens is 1.